The lowest BCUT2D eigenvalue weighted by molar-refractivity contribution is 0.669. The van der Waals surface area contributed by atoms with Gasteiger partial charge in [0.15, 0.2) is 0 Å². The van der Waals surface area contributed by atoms with Crippen LogP contribution in [0.2, 0.25) is 0 Å². The number of fused-ring (bicyclic) bond motifs is 22. The number of hydrogen-bond acceptors (Lipinski definition) is 6. The average molecular weight is 1510 g/mol. The van der Waals surface area contributed by atoms with E-state index in [2.05, 4.69) is 407 Å². The van der Waals surface area contributed by atoms with Crippen LogP contribution in [-0.2, 0) is 0 Å². The first-order valence-electron chi connectivity index (χ1n) is 40.2. The van der Waals surface area contributed by atoms with E-state index in [1.54, 1.807) is 0 Å². The zero-order valence-electron chi connectivity index (χ0n) is 63.5. The van der Waals surface area contributed by atoms with Crippen molar-refractivity contribution in [3.8, 4) is 55.9 Å². The van der Waals surface area contributed by atoms with Gasteiger partial charge in [-0.3, -0.25) is 0 Å². The zero-order chi connectivity index (χ0) is 77.2. The second kappa shape index (κ2) is 25.8. The van der Waals surface area contributed by atoms with Crippen LogP contribution in [0.5, 0.6) is 0 Å². The predicted molar refractivity (Wildman–Crippen MR) is 490 cm³/mol. The Hall–Kier alpha value is -15.9. The fourth-order valence-corrected chi connectivity index (χ4v) is 19.3. The van der Waals surface area contributed by atoms with Crippen LogP contribution in [0, 0.1) is 0 Å². The summed E-state index contributed by atoms with van der Waals surface area (Å²) in [4.78, 5) is 4.77. The molecule has 550 valence electrons. The van der Waals surface area contributed by atoms with Crippen molar-refractivity contribution in [1.82, 2.24) is 9.13 Å². The number of aromatic nitrogens is 2. The molecule has 0 saturated carbocycles. The fourth-order valence-electron chi connectivity index (χ4n) is 19.3. The van der Waals surface area contributed by atoms with E-state index in [0.29, 0.717) is 0 Å². The fraction of sp³-hybridized carbons (Fsp3) is 0. The highest BCUT2D eigenvalue weighted by Gasteiger charge is 2.27. The van der Waals surface area contributed by atoms with Gasteiger partial charge in [-0.05, 0) is 190 Å². The molecule has 6 heterocycles. The van der Waals surface area contributed by atoms with Crippen LogP contribution in [0.25, 0.3) is 209 Å². The van der Waals surface area contributed by atoms with Crippen LogP contribution >= 0.6 is 0 Å². The third-order valence-corrected chi connectivity index (χ3v) is 24.5. The lowest BCUT2D eigenvalue weighted by atomic mass is 9.93. The highest BCUT2D eigenvalue weighted by atomic mass is 16.3. The smallest absolute Gasteiger partial charge is 0.143 e. The van der Waals surface area contributed by atoms with Gasteiger partial charge >= 0.3 is 0 Å². The molecule has 0 aliphatic heterocycles. The highest BCUT2D eigenvalue weighted by Crippen LogP contribution is 2.51. The summed E-state index contributed by atoms with van der Waals surface area (Å²) >= 11 is 0. The van der Waals surface area contributed by atoms with Gasteiger partial charge in [0.1, 0.15) is 44.7 Å². The lowest BCUT2D eigenvalue weighted by Gasteiger charge is -2.28. The molecule has 0 radical (unpaired) electrons. The van der Waals surface area contributed by atoms with Gasteiger partial charge < -0.3 is 36.6 Å². The standard InChI is InChI=1S/C110H66N4O4/c1-2-22-77-67(21-1)47-60-92-106-88(32-19-43-103(106)117-109(77)92)84-27-7-10-36-95(84)111(71-51-55-73(56-52-71)113-97-38-12-3-23-80(97)81-24-4-13-39-98(81)113)70-49-45-68(46-50-70)78-31-18-35-91-94-65-69(48-64-102(94)116-108(78)91)76-30-17-34-90-79(76)62-63-93-107-89(33-20-44-104(107)118-110(90)93)85-28-8-11-37-96(85)112(75-59-61-87-86-29-9-16-42-101(86)115-105(87)66-75)72-53-57-74(58-54-72)114-99-40-14-5-25-82(99)83-26-6-15-41-100(83)114/h1-66H. The number of rotatable bonds is 12. The third-order valence-electron chi connectivity index (χ3n) is 24.5. The van der Waals surface area contributed by atoms with Gasteiger partial charge in [0.2, 0.25) is 0 Å². The molecule has 8 nitrogen and oxygen atoms in total. The maximum Gasteiger partial charge on any atom is 0.143 e. The van der Waals surface area contributed by atoms with Crippen molar-refractivity contribution < 1.29 is 17.7 Å². The Morgan fingerprint density at radius 1 is 0.186 bits per heavy atom. The summed E-state index contributed by atoms with van der Waals surface area (Å²) in [7, 11) is 0. The second-order valence-electron chi connectivity index (χ2n) is 30.9. The quantitative estimate of drug-likeness (QED) is 0.121. The largest absolute Gasteiger partial charge is 0.456 e. The van der Waals surface area contributed by atoms with Crippen molar-refractivity contribution >= 4 is 187 Å². The maximum atomic E-state index is 7.16. The monoisotopic (exact) mass is 1510 g/mol. The van der Waals surface area contributed by atoms with E-state index in [1.165, 1.54) is 43.6 Å². The van der Waals surface area contributed by atoms with Crippen molar-refractivity contribution in [2.45, 2.75) is 0 Å². The van der Waals surface area contributed by atoms with E-state index < -0.39 is 0 Å². The molecule has 0 spiro atoms. The first-order valence-corrected chi connectivity index (χ1v) is 40.2. The molecule has 6 aromatic heterocycles. The molecule has 0 aliphatic rings. The minimum absolute atomic E-state index is 0.814. The van der Waals surface area contributed by atoms with E-state index >= 15 is 0 Å². The Bertz CT molecular complexity index is 8350. The summed E-state index contributed by atoms with van der Waals surface area (Å²) in [6, 6.07) is 144. The number of nitrogens with zero attached hydrogens (tertiary/aromatic N) is 4. The number of hydrogen-bond donors (Lipinski definition) is 0. The van der Waals surface area contributed by atoms with Gasteiger partial charge in [0.25, 0.3) is 0 Å². The Morgan fingerprint density at radius 2 is 0.568 bits per heavy atom. The Morgan fingerprint density at radius 3 is 1.16 bits per heavy atom. The van der Waals surface area contributed by atoms with Crippen LogP contribution in [0.15, 0.2) is 418 Å². The van der Waals surface area contributed by atoms with Gasteiger partial charge in [-0.2, -0.15) is 0 Å². The number of para-hydroxylation sites is 8. The molecule has 0 fully saturated rings. The Balaban J connectivity index is 0.577. The summed E-state index contributed by atoms with van der Waals surface area (Å²) in [5.74, 6) is 0. The Kier molecular flexibility index (Phi) is 14.4. The Labute approximate surface area is 675 Å². The number of furan rings is 4. The highest BCUT2D eigenvalue weighted by molar-refractivity contribution is 6.24. The molecule has 19 aromatic carbocycles. The predicted octanol–water partition coefficient (Wildman–Crippen LogP) is 31.4. The molecule has 25 rings (SSSR count). The van der Waals surface area contributed by atoms with Crippen LogP contribution < -0.4 is 9.80 Å². The molecule has 25 aromatic rings. The maximum absolute atomic E-state index is 7.16. The summed E-state index contributed by atoms with van der Waals surface area (Å²) in [6.07, 6.45) is 0. The summed E-state index contributed by atoms with van der Waals surface area (Å²) in [6.45, 7) is 0. The molecular formula is C110H66N4O4. The van der Waals surface area contributed by atoms with Crippen LogP contribution in [0.4, 0.5) is 34.1 Å². The van der Waals surface area contributed by atoms with Gasteiger partial charge in [-0.25, -0.2) is 0 Å². The van der Waals surface area contributed by atoms with Crippen LogP contribution in [-0.4, -0.2) is 9.13 Å². The molecule has 0 amide bonds. The van der Waals surface area contributed by atoms with Crippen molar-refractivity contribution in [3.63, 3.8) is 0 Å². The van der Waals surface area contributed by atoms with E-state index in [1.807, 2.05) is 12.1 Å². The SMILES string of the molecule is c1ccc(N(c2ccc(-c3cccc4c3oc3ccc(-c5cccc6c5ccc5c6oc6cccc(-c7ccccc7N(c7ccc(-n8c9ccccc9c9ccccc98)cc7)c7ccc8c(c7)oc7ccccc78)c65)cc34)cc2)c2ccc(-n3c4ccccc4c4ccccc43)cc2)c(-c2cccc3oc4c5ccccc5ccc4c23)c1. The molecule has 0 N–H and O–H groups in total. The molecule has 0 atom stereocenters. The van der Waals surface area contributed by atoms with Gasteiger partial charge in [-0.1, -0.05) is 243 Å². The number of anilines is 6. The average Bonchev–Trinajstić information content (AvgIpc) is 1.20. The van der Waals surface area contributed by atoms with Gasteiger partial charge in [0, 0.05) is 132 Å². The third kappa shape index (κ3) is 9.96. The van der Waals surface area contributed by atoms with Crippen molar-refractivity contribution in [1.29, 1.82) is 0 Å². The molecular weight excluding hydrogens is 1440 g/mol. The minimum atomic E-state index is 0.814. The molecule has 0 bridgehead atoms. The molecule has 0 aliphatic carbocycles. The van der Waals surface area contributed by atoms with Crippen molar-refractivity contribution in [3.05, 3.63) is 400 Å². The summed E-state index contributed by atoms with van der Waals surface area (Å²) in [5.41, 5.74) is 28.2. The van der Waals surface area contributed by atoms with Crippen molar-refractivity contribution in [2.24, 2.45) is 0 Å². The minimum Gasteiger partial charge on any atom is -0.456 e. The summed E-state index contributed by atoms with van der Waals surface area (Å²) in [5, 5.41) is 17.8. The zero-order valence-corrected chi connectivity index (χ0v) is 63.5. The van der Waals surface area contributed by atoms with E-state index in [4.69, 9.17) is 17.7 Å². The molecule has 0 unspecified atom stereocenters. The van der Waals surface area contributed by atoms with Gasteiger partial charge in [-0.15, -0.1) is 0 Å². The second-order valence-corrected chi connectivity index (χ2v) is 30.9. The van der Waals surface area contributed by atoms with Crippen LogP contribution in [0.3, 0.4) is 0 Å². The molecule has 8 heteroatoms. The first-order chi connectivity index (χ1) is 58.5. The first kappa shape index (κ1) is 65.6. The van der Waals surface area contributed by atoms with E-state index in [-0.39, 0.29) is 0 Å². The molecule has 0 saturated heterocycles. The van der Waals surface area contributed by atoms with Crippen molar-refractivity contribution in [2.75, 3.05) is 9.80 Å². The van der Waals surface area contributed by atoms with E-state index in [0.717, 1.165) is 199 Å². The van der Waals surface area contributed by atoms with Crippen LogP contribution in [0.1, 0.15) is 0 Å². The summed E-state index contributed by atoms with van der Waals surface area (Å²) < 4.78 is 32.4. The topological polar surface area (TPSA) is 68.9 Å². The molecule has 118 heavy (non-hydrogen) atoms. The normalized spacial score (nSPS) is 12.1. The lowest BCUT2D eigenvalue weighted by Crippen LogP contribution is -2.11. The van der Waals surface area contributed by atoms with E-state index in [9.17, 15) is 0 Å². The number of benzene rings is 19. The van der Waals surface area contributed by atoms with Gasteiger partial charge in [0.05, 0.1) is 33.4 Å².